The number of rotatable bonds is 9. The Kier molecular flexibility index (Phi) is 7.62. The first-order valence-corrected chi connectivity index (χ1v) is 6.25. The van der Waals surface area contributed by atoms with Gasteiger partial charge in [-0.15, -0.1) is 0 Å². The van der Waals surface area contributed by atoms with Crippen LogP contribution >= 0.6 is 0 Å². The van der Waals surface area contributed by atoms with Crippen molar-refractivity contribution in [3.8, 4) is 5.75 Å². The molecule has 0 saturated carbocycles. The predicted molar refractivity (Wildman–Crippen MR) is 72.2 cm³/mol. The summed E-state index contributed by atoms with van der Waals surface area (Å²) in [6.45, 7) is 1.92. The second-order valence-electron chi connectivity index (χ2n) is 4.00. The molecule has 0 atom stereocenters. The van der Waals surface area contributed by atoms with Crippen molar-refractivity contribution < 1.29 is 19.0 Å². The summed E-state index contributed by atoms with van der Waals surface area (Å²) in [4.78, 5) is 11.0. The molecular formula is C14H21NO4. The monoisotopic (exact) mass is 267 g/mol. The van der Waals surface area contributed by atoms with Gasteiger partial charge in [0, 0.05) is 19.2 Å². The van der Waals surface area contributed by atoms with E-state index in [0.29, 0.717) is 6.61 Å². The Morgan fingerprint density at radius 2 is 2.05 bits per heavy atom. The Bertz CT molecular complexity index is 381. The van der Waals surface area contributed by atoms with Crippen LogP contribution in [-0.2, 0) is 20.8 Å². The lowest BCUT2D eigenvalue weighted by atomic mass is 10.2. The molecule has 0 spiro atoms. The molecule has 5 nitrogen and oxygen atoms in total. The average molecular weight is 267 g/mol. The van der Waals surface area contributed by atoms with E-state index in [1.54, 1.807) is 7.11 Å². The average Bonchev–Trinajstić information content (AvgIpc) is 2.43. The molecule has 0 aliphatic carbocycles. The Morgan fingerprint density at radius 1 is 1.26 bits per heavy atom. The van der Waals surface area contributed by atoms with Crippen molar-refractivity contribution in [2.75, 3.05) is 34.0 Å². The third-order valence-electron chi connectivity index (χ3n) is 2.53. The van der Waals surface area contributed by atoms with E-state index in [0.717, 1.165) is 30.8 Å². The lowest BCUT2D eigenvalue weighted by molar-refractivity contribution is -0.147. The van der Waals surface area contributed by atoms with E-state index in [4.69, 9.17) is 9.47 Å². The first kappa shape index (κ1) is 15.5. The highest BCUT2D eigenvalue weighted by atomic mass is 16.6. The van der Waals surface area contributed by atoms with Crippen molar-refractivity contribution >= 4 is 5.97 Å². The van der Waals surface area contributed by atoms with Crippen LogP contribution in [0.25, 0.3) is 0 Å². The highest BCUT2D eigenvalue weighted by Gasteiger charge is 2.02. The van der Waals surface area contributed by atoms with Crippen molar-refractivity contribution in [3.05, 3.63) is 29.8 Å². The minimum atomic E-state index is -0.327. The summed E-state index contributed by atoms with van der Waals surface area (Å²) in [5.41, 5.74) is 1.11. The number of carbonyl (C=O) groups excluding carboxylic acids is 1. The maximum atomic E-state index is 11.0. The topological polar surface area (TPSA) is 56.8 Å². The van der Waals surface area contributed by atoms with Crippen molar-refractivity contribution in [3.63, 3.8) is 0 Å². The maximum Gasteiger partial charge on any atom is 0.332 e. The Balaban J connectivity index is 2.12. The SMILES string of the molecule is COCC(=O)OCCCNCc1ccccc1OC. The Morgan fingerprint density at radius 3 is 2.79 bits per heavy atom. The molecule has 1 rings (SSSR count). The van der Waals surface area contributed by atoms with Gasteiger partial charge in [-0.05, 0) is 19.0 Å². The van der Waals surface area contributed by atoms with Gasteiger partial charge in [-0.25, -0.2) is 4.79 Å². The zero-order valence-corrected chi connectivity index (χ0v) is 11.5. The zero-order valence-electron chi connectivity index (χ0n) is 11.5. The summed E-state index contributed by atoms with van der Waals surface area (Å²) in [5, 5.41) is 3.28. The Hall–Kier alpha value is -1.59. The molecule has 1 aromatic carbocycles. The standard InChI is InChI=1S/C14H21NO4/c1-17-11-14(16)19-9-5-8-15-10-12-6-3-4-7-13(12)18-2/h3-4,6-7,15H,5,8-11H2,1-2H3. The first-order valence-electron chi connectivity index (χ1n) is 6.25. The zero-order chi connectivity index (χ0) is 13.9. The van der Waals surface area contributed by atoms with E-state index in [2.05, 4.69) is 10.1 Å². The normalized spacial score (nSPS) is 10.2. The Labute approximate surface area is 113 Å². The summed E-state index contributed by atoms with van der Waals surface area (Å²) < 4.78 is 14.9. The summed E-state index contributed by atoms with van der Waals surface area (Å²) >= 11 is 0. The van der Waals surface area contributed by atoms with Crippen LogP contribution in [0.3, 0.4) is 0 Å². The van der Waals surface area contributed by atoms with Crippen molar-refractivity contribution in [1.29, 1.82) is 0 Å². The lowest BCUT2D eigenvalue weighted by Crippen LogP contribution is -2.18. The first-order chi connectivity index (χ1) is 9.27. The third kappa shape index (κ3) is 6.22. The van der Waals surface area contributed by atoms with Crippen LogP contribution in [0, 0.1) is 0 Å². The molecule has 1 aromatic rings. The quantitative estimate of drug-likeness (QED) is 0.541. The molecule has 106 valence electrons. The smallest absolute Gasteiger partial charge is 0.332 e. The molecule has 0 bridgehead atoms. The number of ether oxygens (including phenoxy) is 3. The van der Waals surface area contributed by atoms with E-state index < -0.39 is 0 Å². The van der Waals surface area contributed by atoms with Gasteiger partial charge >= 0.3 is 5.97 Å². The fourth-order valence-electron chi connectivity index (χ4n) is 1.61. The van der Waals surface area contributed by atoms with Gasteiger partial charge in [0.05, 0.1) is 13.7 Å². The molecule has 0 aliphatic heterocycles. The molecule has 1 N–H and O–H groups in total. The molecule has 0 radical (unpaired) electrons. The molecule has 0 aromatic heterocycles. The highest BCUT2D eigenvalue weighted by Crippen LogP contribution is 2.16. The summed E-state index contributed by atoms with van der Waals surface area (Å²) in [6.07, 6.45) is 0.768. The number of carbonyl (C=O) groups is 1. The molecule has 5 heteroatoms. The van der Waals surface area contributed by atoms with Crippen LogP contribution in [0.2, 0.25) is 0 Å². The fraction of sp³-hybridized carbons (Fsp3) is 0.500. The largest absolute Gasteiger partial charge is 0.496 e. The van der Waals surface area contributed by atoms with Gasteiger partial charge in [0.25, 0.3) is 0 Å². The van der Waals surface area contributed by atoms with Crippen LogP contribution in [0.1, 0.15) is 12.0 Å². The van der Waals surface area contributed by atoms with Gasteiger partial charge < -0.3 is 19.5 Å². The number of para-hydroxylation sites is 1. The summed E-state index contributed by atoms with van der Waals surface area (Å²) in [5.74, 6) is 0.550. The predicted octanol–water partition coefficient (Wildman–Crippen LogP) is 1.36. The maximum absolute atomic E-state index is 11.0. The number of esters is 1. The number of methoxy groups -OCH3 is 2. The minimum Gasteiger partial charge on any atom is -0.496 e. The summed E-state index contributed by atoms with van der Waals surface area (Å²) in [7, 11) is 3.13. The number of hydrogen-bond donors (Lipinski definition) is 1. The van der Waals surface area contributed by atoms with Crippen molar-refractivity contribution in [1.82, 2.24) is 5.32 Å². The van der Waals surface area contributed by atoms with Crippen molar-refractivity contribution in [2.24, 2.45) is 0 Å². The highest BCUT2D eigenvalue weighted by molar-refractivity contribution is 5.70. The van der Waals surface area contributed by atoms with Crippen LogP contribution in [0.15, 0.2) is 24.3 Å². The van der Waals surface area contributed by atoms with Gasteiger partial charge in [0.2, 0.25) is 0 Å². The van der Waals surface area contributed by atoms with Crippen LogP contribution in [-0.4, -0.2) is 39.9 Å². The van der Waals surface area contributed by atoms with Gasteiger partial charge in [0.1, 0.15) is 12.4 Å². The van der Waals surface area contributed by atoms with Gasteiger partial charge in [-0.3, -0.25) is 0 Å². The lowest BCUT2D eigenvalue weighted by Gasteiger charge is -2.09. The van der Waals surface area contributed by atoms with Crippen LogP contribution < -0.4 is 10.1 Å². The molecule has 0 aliphatic rings. The molecule has 0 fully saturated rings. The third-order valence-corrected chi connectivity index (χ3v) is 2.53. The van der Waals surface area contributed by atoms with Gasteiger partial charge in [-0.1, -0.05) is 18.2 Å². The van der Waals surface area contributed by atoms with Crippen LogP contribution in [0.5, 0.6) is 5.75 Å². The molecule has 0 heterocycles. The van der Waals surface area contributed by atoms with Crippen LogP contribution in [0.4, 0.5) is 0 Å². The molecule has 0 amide bonds. The summed E-state index contributed by atoms with van der Waals surface area (Å²) in [6, 6.07) is 7.87. The van der Waals surface area contributed by atoms with E-state index in [1.807, 2.05) is 24.3 Å². The van der Waals surface area contributed by atoms with E-state index >= 15 is 0 Å². The fourth-order valence-corrected chi connectivity index (χ4v) is 1.61. The molecule has 0 saturated heterocycles. The number of hydrogen-bond acceptors (Lipinski definition) is 5. The second kappa shape index (κ2) is 9.35. The minimum absolute atomic E-state index is 0.00857. The van der Waals surface area contributed by atoms with Gasteiger partial charge in [0.15, 0.2) is 0 Å². The van der Waals surface area contributed by atoms with Crippen molar-refractivity contribution in [2.45, 2.75) is 13.0 Å². The van der Waals surface area contributed by atoms with Gasteiger partial charge in [-0.2, -0.15) is 0 Å². The van der Waals surface area contributed by atoms with E-state index in [-0.39, 0.29) is 12.6 Å². The van der Waals surface area contributed by atoms with E-state index in [9.17, 15) is 4.79 Å². The molecular weight excluding hydrogens is 246 g/mol. The number of nitrogens with one attached hydrogen (secondary N) is 1. The second-order valence-corrected chi connectivity index (χ2v) is 4.00. The molecule has 0 unspecified atom stereocenters. The molecule has 19 heavy (non-hydrogen) atoms. The van der Waals surface area contributed by atoms with E-state index in [1.165, 1.54) is 7.11 Å². The number of benzene rings is 1.